The first-order valence-electron chi connectivity index (χ1n) is 41.5. The number of aromatic nitrogens is 6. The van der Waals surface area contributed by atoms with Gasteiger partial charge in [0.15, 0.2) is 21.4 Å². The fraction of sp³-hybridized carbons (Fsp3) is 0.494. The number of piperazine rings is 1. The summed E-state index contributed by atoms with van der Waals surface area (Å²) in [4.78, 5) is 164. The minimum absolute atomic E-state index is 0.00983. The number of carbonyl (C=O) groups excluding carboxylic acids is 9. The van der Waals surface area contributed by atoms with Crippen molar-refractivity contribution >= 4 is 153 Å². The van der Waals surface area contributed by atoms with E-state index in [1.165, 1.54) is 19.2 Å². The number of anilines is 8. The molecule has 3 saturated heterocycles. The lowest BCUT2D eigenvalue weighted by Crippen LogP contribution is -2.54. The number of halogens is 1. The number of hydrogen-bond donors (Lipinski definition) is 7. The van der Waals surface area contributed by atoms with E-state index in [-0.39, 0.29) is 137 Å². The van der Waals surface area contributed by atoms with Gasteiger partial charge < -0.3 is 51.3 Å². The number of aryl methyl sites for hydroxylation is 2. The number of Topliss-reactive ketones (excluding diaryl/α,β-unsaturated/α-hetero) is 1. The van der Waals surface area contributed by atoms with E-state index in [1.807, 2.05) is 36.9 Å². The zero-order valence-electron chi connectivity index (χ0n) is 69.0. The third-order valence-corrected chi connectivity index (χ3v) is 27.3. The summed E-state index contributed by atoms with van der Waals surface area (Å²) in [6.45, 7) is 17.5. The number of fused-ring (bicyclic) bond motifs is 2. The van der Waals surface area contributed by atoms with Gasteiger partial charge in [0.2, 0.25) is 47.3 Å². The highest BCUT2D eigenvalue weighted by atomic mass is 35.5. The largest absolute Gasteiger partial charge is 0.489 e. The number of benzene rings is 3. The molecule has 1 unspecified atom stereocenters. The van der Waals surface area contributed by atoms with Crippen molar-refractivity contribution in [1.29, 1.82) is 0 Å². The van der Waals surface area contributed by atoms with Gasteiger partial charge in [-0.25, -0.2) is 23.4 Å². The van der Waals surface area contributed by atoms with E-state index in [0.717, 1.165) is 92.3 Å². The molecule has 1 saturated carbocycles. The fourth-order valence-electron chi connectivity index (χ4n) is 16.0. The van der Waals surface area contributed by atoms with Gasteiger partial charge in [-0.1, -0.05) is 89.9 Å². The molecule has 120 heavy (non-hydrogen) atoms. The zero-order valence-corrected chi connectivity index (χ0v) is 72.2. The average Bonchev–Trinajstić information content (AvgIpc) is 1.45. The highest BCUT2D eigenvalue weighted by Gasteiger charge is 2.46. The number of sulfone groups is 1. The SMILES string of the molecule is CC(=O)c1c(C)c2cnc(Nc3ccc(N4CCN(CC(=O)NCCSSCCN(CC(=O)NCCNc5cccc6c5C(=O)N(C5CCC(=O)NC5=O)C6=O)C(=O)CCCCCCCCC(=O)N5CCC(c6cc(OC(C)C)c(Nc7ncc(Cl)c(Nc8ccccc8S(=O)(=O)C(C)C)n7)cc6C)CC5)CC4)cn3)nc2n(C2CCCC2)c1=O. The van der Waals surface area contributed by atoms with E-state index in [9.17, 15) is 56.4 Å². The topological polar surface area (TPSA) is 384 Å². The third kappa shape index (κ3) is 22.3. The maximum absolute atomic E-state index is 14.0. The summed E-state index contributed by atoms with van der Waals surface area (Å²) in [5.74, 6) is -0.0217. The number of para-hydroxylation sites is 1. The molecular weight excluding hydrogens is 1610 g/mol. The number of amides is 8. The number of unbranched alkanes of at least 4 members (excludes halogenated alkanes) is 5. The molecule has 4 aliphatic heterocycles. The number of piperidine rings is 2. The van der Waals surface area contributed by atoms with Crippen molar-refractivity contribution in [2.24, 2.45) is 0 Å². The number of pyridine rings is 2. The predicted octanol–water partition coefficient (Wildman–Crippen LogP) is 11.4. The summed E-state index contributed by atoms with van der Waals surface area (Å²) in [6.07, 6.45) is 15.5. The van der Waals surface area contributed by atoms with Crippen molar-refractivity contribution < 1.29 is 56.3 Å². The van der Waals surface area contributed by atoms with E-state index in [1.54, 1.807) is 101 Å². The third-order valence-electron chi connectivity index (χ3n) is 22.4. The van der Waals surface area contributed by atoms with E-state index in [2.05, 4.69) is 79.9 Å². The molecule has 0 spiro atoms. The van der Waals surface area contributed by atoms with Gasteiger partial charge in [0.25, 0.3) is 17.4 Å². The van der Waals surface area contributed by atoms with Crippen molar-refractivity contribution in [3.8, 4) is 5.75 Å². The van der Waals surface area contributed by atoms with Crippen molar-refractivity contribution in [3.05, 3.63) is 134 Å². The van der Waals surface area contributed by atoms with Gasteiger partial charge in [-0.3, -0.25) is 67.6 Å². The molecular formula is C85H107ClN18O13S3. The van der Waals surface area contributed by atoms with Crippen LogP contribution in [-0.4, -0.2) is 218 Å². The molecule has 0 radical (unpaired) electrons. The van der Waals surface area contributed by atoms with Crippen LogP contribution < -0.4 is 52.4 Å². The van der Waals surface area contributed by atoms with Crippen molar-refractivity contribution in [3.63, 3.8) is 0 Å². The molecule has 7 aromatic rings. The number of ketones is 1. The molecule has 31 nitrogen and oxygen atoms in total. The summed E-state index contributed by atoms with van der Waals surface area (Å²) in [5, 5.41) is 21.1. The van der Waals surface area contributed by atoms with Crippen LogP contribution in [0.3, 0.4) is 0 Å². The number of imide groups is 2. The van der Waals surface area contributed by atoms with Gasteiger partial charge in [-0.15, -0.1) is 0 Å². The highest BCUT2D eigenvalue weighted by Crippen LogP contribution is 2.41. The molecule has 35 heteroatoms. The molecule has 3 aromatic carbocycles. The Morgan fingerprint density at radius 2 is 1.40 bits per heavy atom. The van der Waals surface area contributed by atoms with Crippen LogP contribution in [0.15, 0.2) is 95.0 Å². The van der Waals surface area contributed by atoms with Gasteiger partial charge in [-0.2, -0.15) is 9.97 Å². The van der Waals surface area contributed by atoms with E-state index in [0.29, 0.717) is 128 Å². The van der Waals surface area contributed by atoms with Crippen LogP contribution in [0.1, 0.15) is 197 Å². The van der Waals surface area contributed by atoms with Gasteiger partial charge in [-0.05, 0) is 165 Å². The number of rotatable bonds is 39. The van der Waals surface area contributed by atoms with Crippen LogP contribution in [0.2, 0.25) is 5.02 Å². The average molecular weight is 1720 g/mol. The molecule has 1 aliphatic carbocycles. The van der Waals surface area contributed by atoms with E-state index >= 15 is 0 Å². The number of ether oxygens (including phenoxy) is 1. The summed E-state index contributed by atoms with van der Waals surface area (Å²) in [5.41, 5.74) is 5.60. The standard InChI is InChI=1S/C85H107ClN18O13S3/c1-52(2)117-68-46-61(54(5)45-66(68)94-84-92-49-63(86)78(97-84)93-64-22-16-17-24-69(64)120(115,116)53(3)4)57-31-36-101(37-32-57)74(109)25-12-10-8-9-11-13-26-75(110)102(51-73(108)88-34-33-87-65-23-18-21-60-77(65)83(114)104(81(60)112)67-28-30-71(106)96-80(67)111)42-44-119-118-43-35-89-72(107)50-99-38-40-100(41-39-99)59-27-29-70(90-47-59)95-85-91-48-62-55(6)76(56(7)105)82(113)103(79(62)98-85)58-19-14-15-20-58/h16-18,21-24,27,29,45-49,52-53,57-58,67,87H,8-15,19-20,25-26,28,30-44,50-51H2,1-7H3,(H,88,108)(H,89,107)(H,96,106,111)(H,90,91,95,98)(H2,92,93,94,97). The predicted molar refractivity (Wildman–Crippen MR) is 466 cm³/mol. The van der Waals surface area contributed by atoms with Crippen LogP contribution in [0.5, 0.6) is 5.75 Å². The highest BCUT2D eigenvalue weighted by molar-refractivity contribution is 8.76. The number of hydrogen-bond acceptors (Lipinski definition) is 26. The molecule has 4 fully saturated rings. The van der Waals surface area contributed by atoms with Crippen LogP contribution in [0.25, 0.3) is 11.0 Å². The monoisotopic (exact) mass is 1720 g/mol. The molecule has 0 bridgehead atoms. The van der Waals surface area contributed by atoms with Gasteiger partial charge in [0.1, 0.15) is 28.3 Å². The molecule has 8 heterocycles. The van der Waals surface area contributed by atoms with E-state index < -0.39 is 44.8 Å². The molecule has 640 valence electrons. The van der Waals surface area contributed by atoms with Crippen molar-refractivity contribution in [2.75, 3.05) is 116 Å². The van der Waals surface area contributed by atoms with Crippen LogP contribution in [-0.2, 0) is 38.6 Å². The molecule has 5 aliphatic rings. The van der Waals surface area contributed by atoms with Crippen LogP contribution >= 0.6 is 33.2 Å². The Hall–Kier alpha value is -10.3. The Bertz CT molecular complexity index is 5130. The lowest BCUT2D eigenvalue weighted by atomic mass is 9.86. The minimum atomic E-state index is -3.63. The first kappa shape index (κ1) is 89.0. The number of likely N-dealkylation sites (tertiary alicyclic amines) is 1. The number of nitrogens with one attached hydrogen (secondary N) is 7. The van der Waals surface area contributed by atoms with Gasteiger partial charge in [0.05, 0.1) is 75.5 Å². The summed E-state index contributed by atoms with van der Waals surface area (Å²) in [6, 6.07) is 18.1. The number of carbonyl (C=O) groups is 9. The normalized spacial score (nSPS) is 16.1. The Morgan fingerprint density at radius 1 is 0.700 bits per heavy atom. The van der Waals surface area contributed by atoms with Crippen molar-refractivity contribution in [2.45, 2.75) is 185 Å². The van der Waals surface area contributed by atoms with E-state index in [4.69, 9.17) is 21.3 Å². The van der Waals surface area contributed by atoms with Crippen LogP contribution in [0, 0.1) is 13.8 Å². The zero-order chi connectivity index (χ0) is 85.3. The second kappa shape index (κ2) is 41.3. The Morgan fingerprint density at radius 3 is 2.12 bits per heavy atom. The van der Waals surface area contributed by atoms with Crippen LogP contribution in [0.4, 0.5) is 46.3 Å². The van der Waals surface area contributed by atoms with Gasteiger partial charge in [0, 0.05) is 120 Å². The lowest BCUT2D eigenvalue weighted by molar-refractivity contribution is -0.136. The number of nitrogens with zero attached hydrogens (tertiary/aromatic N) is 11. The molecule has 4 aromatic heterocycles. The second-order valence-electron chi connectivity index (χ2n) is 31.5. The second-order valence-corrected chi connectivity index (χ2v) is 37.1. The smallest absolute Gasteiger partial charge is 0.264 e. The first-order valence-corrected chi connectivity index (χ1v) is 45.9. The van der Waals surface area contributed by atoms with Crippen molar-refractivity contribution in [1.82, 2.24) is 65.0 Å². The summed E-state index contributed by atoms with van der Waals surface area (Å²) in [7, 11) is -0.518. The Balaban J connectivity index is 0.563. The summed E-state index contributed by atoms with van der Waals surface area (Å²) < 4.78 is 34.5. The lowest BCUT2D eigenvalue weighted by Gasteiger charge is -2.35. The first-order chi connectivity index (χ1) is 57.7. The maximum Gasteiger partial charge on any atom is 0.264 e. The quantitative estimate of drug-likeness (QED) is 0.00814. The minimum Gasteiger partial charge on any atom is -0.489 e. The van der Waals surface area contributed by atoms with Gasteiger partial charge >= 0.3 is 0 Å². The molecule has 12 rings (SSSR count). The molecule has 8 amide bonds. The molecule has 1 atom stereocenters. The summed E-state index contributed by atoms with van der Waals surface area (Å²) >= 11 is 6.57. The molecule has 7 N–H and O–H groups in total. The Kier molecular flexibility index (Phi) is 30.6. The fourth-order valence-corrected chi connectivity index (χ4v) is 19.3. The maximum atomic E-state index is 14.0. The Labute approximate surface area is 711 Å².